The van der Waals surface area contributed by atoms with Gasteiger partial charge in [0.2, 0.25) is 0 Å². The lowest BCUT2D eigenvalue weighted by Crippen LogP contribution is -2.24. The van der Waals surface area contributed by atoms with Gasteiger partial charge in [0.1, 0.15) is 5.82 Å². The molecule has 1 rings (SSSR count). The van der Waals surface area contributed by atoms with Crippen molar-refractivity contribution in [1.29, 1.82) is 0 Å². The van der Waals surface area contributed by atoms with Crippen LogP contribution in [0.2, 0.25) is 0 Å². The minimum atomic E-state index is -0.884. The Morgan fingerprint density at radius 1 is 1.50 bits per heavy atom. The molecule has 0 heterocycles. The van der Waals surface area contributed by atoms with Gasteiger partial charge in [-0.25, -0.2) is 4.39 Å². The first kappa shape index (κ1) is 13.3. The van der Waals surface area contributed by atoms with E-state index in [0.29, 0.717) is 0 Å². The van der Waals surface area contributed by atoms with Crippen molar-refractivity contribution in [3.63, 3.8) is 0 Å². The smallest absolute Gasteiger partial charge is 0.164 e. The maximum atomic E-state index is 13.9. The predicted octanol–water partition coefficient (Wildman–Crippen LogP) is 2.57. The zero-order valence-corrected chi connectivity index (χ0v) is 10.9. The quantitative estimate of drug-likeness (QED) is 0.900. The summed E-state index contributed by atoms with van der Waals surface area (Å²) in [7, 11) is 1.38. The van der Waals surface area contributed by atoms with E-state index in [4.69, 9.17) is 4.74 Å². The average Bonchev–Trinajstić information content (AvgIpc) is 2.23. The van der Waals surface area contributed by atoms with Gasteiger partial charge in [0.05, 0.1) is 18.2 Å². The first-order valence-corrected chi connectivity index (χ1v) is 5.50. The molecule has 0 aliphatic heterocycles. The molecule has 0 saturated heterocycles. The van der Waals surface area contributed by atoms with Crippen LogP contribution in [-0.2, 0) is 5.41 Å². The lowest BCUT2D eigenvalue weighted by molar-refractivity contribution is 0.210. The van der Waals surface area contributed by atoms with Gasteiger partial charge in [-0.3, -0.25) is 0 Å². The van der Waals surface area contributed by atoms with Crippen LogP contribution in [0.1, 0.15) is 19.4 Å². The molecule has 0 unspecified atom stereocenters. The number of ether oxygens (including phenoxy) is 1. The number of aliphatic hydroxyl groups is 1. The molecule has 0 saturated carbocycles. The van der Waals surface area contributed by atoms with Crippen molar-refractivity contribution in [3.8, 4) is 11.5 Å². The molecule has 16 heavy (non-hydrogen) atoms. The monoisotopic (exact) mass is 292 g/mol. The summed E-state index contributed by atoms with van der Waals surface area (Å²) in [5.74, 6) is -0.690. The van der Waals surface area contributed by atoms with Gasteiger partial charge < -0.3 is 14.9 Å². The van der Waals surface area contributed by atoms with Gasteiger partial charge in [0.25, 0.3) is 0 Å². The van der Waals surface area contributed by atoms with Crippen molar-refractivity contribution in [2.75, 3.05) is 13.7 Å². The summed E-state index contributed by atoms with van der Waals surface area (Å²) in [6, 6.07) is 1.35. The van der Waals surface area contributed by atoms with Crippen molar-refractivity contribution in [2.45, 2.75) is 19.3 Å². The minimum absolute atomic E-state index is 0.0428. The van der Waals surface area contributed by atoms with Crippen LogP contribution in [0.3, 0.4) is 0 Å². The highest BCUT2D eigenvalue weighted by Crippen LogP contribution is 2.42. The Bertz CT molecular complexity index is 405. The van der Waals surface area contributed by atoms with Gasteiger partial charge in [-0.1, -0.05) is 13.8 Å². The highest BCUT2D eigenvalue weighted by molar-refractivity contribution is 9.10. The number of halogens is 2. The summed E-state index contributed by atoms with van der Waals surface area (Å²) in [6.45, 7) is 2.99. The van der Waals surface area contributed by atoms with Crippen molar-refractivity contribution in [2.24, 2.45) is 0 Å². The third-order valence-corrected chi connectivity index (χ3v) is 3.03. The van der Waals surface area contributed by atoms with Crippen molar-refractivity contribution >= 4 is 15.9 Å². The largest absolute Gasteiger partial charge is 0.504 e. The SMILES string of the molecule is COc1cc(Br)c(F)c(C(C)(C)CO)c1O. The second-order valence-corrected chi connectivity index (χ2v) is 4.99. The van der Waals surface area contributed by atoms with Crippen LogP contribution in [0.15, 0.2) is 10.5 Å². The van der Waals surface area contributed by atoms with E-state index in [1.165, 1.54) is 13.2 Å². The number of methoxy groups -OCH3 is 1. The summed E-state index contributed by atoms with van der Waals surface area (Å²) in [4.78, 5) is 0. The number of hydrogen-bond donors (Lipinski definition) is 2. The summed E-state index contributed by atoms with van der Waals surface area (Å²) in [5.41, 5.74) is -0.841. The van der Waals surface area contributed by atoms with E-state index in [0.717, 1.165) is 0 Å². The van der Waals surface area contributed by atoms with Crippen LogP contribution in [0.25, 0.3) is 0 Å². The third kappa shape index (κ3) is 2.15. The van der Waals surface area contributed by atoms with Crippen LogP contribution >= 0.6 is 15.9 Å². The van der Waals surface area contributed by atoms with E-state index < -0.39 is 11.2 Å². The molecule has 1 aromatic rings. The number of hydrogen-bond acceptors (Lipinski definition) is 3. The van der Waals surface area contributed by atoms with Gasteiger partial charge in [0.15, 0.2) is 11.5 Å². The summed E-state index contributed by atoms with van der Waals surface area (Å²) < 4.78 is 19.0. The number of rotatable bonds is 3. The van der Waals surface area contributed by atoms with E-state index in [1.807, 2.05) is 0 Å². The van der Waals surface area contributed by atoms with Crippen molar-refractivity contribution in [1.82, 2.24) is 0 Å². The van der Waals surface area contributed by atoms with Crippen LogP contribution < -0.4 is 4.74 Å². The Kier molecular flexibility index (Phi) is 3.80. The Balaban J connectivity index is 3.54. The topological polar surface area (TPSA) is 49.7 Å². The summed E-state index contributed by atoms with van der Waals surface area (Å²) in [6.07, 6.45) is 0. The number of aliphatic hydroxyl groups excluding tert-OH is 1. The molecular weight excluding hydrogens is 279 g/mol. The van der Waals surface area contributed by atoms with E-state index in [1.54, 1.807) is 13.8 Å². The van der Waals surface area contributed by atoms with Gasteiger partial charge in [-0.15, -0.1) is 0 Å². The first-order chi connectivity index (χ1) is 7.35. The van der Waals surface area contributed by atoms with Crippen molar-refractivity contribution < 1.29 is 19.3 Å². The van der Waals surface area contributed by atoms with E-state index >= 15 is 0 Å². The Morgan fingerprint density at radius 2 is 2.06 bits per heavy atom. The van der Waals surface area contributed by atoms with Crippen LogP contribution in [0.4, 0.5) is 4.39 Å². The maximum absolute atomic E-state index is 13.9. The fraction of sp³-hybridized carbons (Fsp3) is 0.455. The molecule has 0 aliphatic carbocycles. The van der Waals surface area contributed by atoms with Crippen LogP contribution in [0, 0.1) is 5.82 Å². The maximum Gasteiger partial charge on any atom is 0.164 e. The average molecular weight is 293 g/mol. The second kappa shape index (κ2) is 4.59. The number of benzene rings is 1. The highest BCUT2D eigenvalue weighted by atomic mass is 79.9. The Morgan fingerprint density at radius 3 is 2.50 bits per heavy atom. The normalized spacial score (nSPS) is 11.6. The molecule has 90 valence electrons. The summed E-state index contributed by atoms with van der Waals surface area (Å²) >= 11 is 3.05. The van der Waals surface area contributed by atoms with Gasteiger partial charge in [0, 0.05) is 17.0 Å². The van der Waals surface area contributed by atoms with E-state index in [9.17, 15) is 14.6 Å². The Labute approximate surface area is 102 Å². The van der Waals surface area contributed by atoms with Crippen LogP contribution in [0.5, 0.6) is 11.5 Å². The zero-order chi connectivity index (χ0) is 12.5. The molecule has 0 fully saturated rings. The predicted molar refractivity (Wildman–Crippen MR) is 62.4 cm³/mol. The molecular formula is C11H14BrFO3. The summed E-state index contributed by atoms with van der Waals surface area (Å²) in [5, 5.41) is 19.1. The lowest BCUT2D eigenvalue weighted by Gasteiger charge is -2.25. The molecule has 1 aromatic carbocycles. The molecule has 3 nitrogen and oxygen atoms in total. The molecule has 5 heteroatoms. The van der Waals surface area contributed by atoms with E-state index in [2.05, 4.69) is 15.9 Å². The van der Waals surface area contributed by atoms with Gasteiger partial charge in [-0.2, -0.15) is 0 Å². The minimum Gasteiger partial charge on any atom is -0.504 e. The molecule has 0 aliphatic rings. The first-order valence-electron chi connectivity index (χ1n) is 4.71. The molecule has 0 aromatic heterocycles. The van der Waals surface area contributed by atoms with E-state index in [-0.39, 0.29) is 28.1 Å². The second-order valence-electron chi connectivity index (χ2n) is 4.14. The number of phenols is 1. The molecule has 0 bridgehead atoms. The zero-order valence-electron chi connectivity index (χ0n) is 9.34. The van der Waals surface area contributed by atoms with Gasteiger partial charge in [-0.05, 0) is 15.9 Å². The molecule has 0 amide bonds. The van der Waals surface area contributed by atoms with Crippen molar-refractivity contribution in [3.05, 3.63) is 21.9 Å². The fourth-order valence-electron chi connectivity index (χ4n) is 1.45. The molecule has 2 N–H and O–H groups in total. The Hall–Kier alpha value is -0.810. The number of phenolic OH excluding ortho intramolecular Hbond substituents is 1. The lowest BCUT2D eigenvalue weighted by atomic mass is 9.84. The van der Waals surface area contributed by atoms with Crippen LogP contribution in [-0.4, -0.2) is 23.9 Å². The highest BCUT2D eigenvalue weighted by Gasteiger charge is 2.30. The fourth-order valence-corrected chi connectivity index (χ4v) is 1.85. The molecule has 0 atom stereocenters. The number of aromatic hydroxyl groups is 1. The standard InChI is InChI=1S/C11H14BrFO3/c1-11(2,5-14)8-9(13)6(12)4-7(16-3)10(8)15/h4,14-15H,5H2,1-3H3. The van der Waals surface area contributed by atoms with Gasteiger partial charge >= 0.3 is 0 Å². The molecule has 0 spiro atoms. The third-order valence-electron chi connectivity index (χ3n) is 2.45. The molecule has 0 radical (unpaired) electrons.